The van der Waals surface area contributed by atoms with Gasteiger partial charge in [-0.25, -0.2) is 13.2 Å². The molecular weight excluding hydrogens is 454 g/mol. The van der Waals surface area contributed by atoms with E-state index >= 15 is 0 Å². The molecule has 1 fully saturated rings. The highest BCUT2D eigenvalue weighted by atomic mass is 35.5. The number of hydrogen-bond acceptors (Lipinski definition) is 4. The van der Waals surface area contributed by atoms with Crippen LogP contribution < -0.4 is 5.32 Å². The van der Waals surface area contributed by atoms with Gasteiger partial charge in [0.25, 0.3) is 0 Å². The molecule has 9 heteroatoms. The molecule has 0 bridgehead atoms. The number of nitrogens with one attached hydrogen (secondary N) is 1. The minimum absolute atomic E-state index is 0.0378. The molecule has 174 valence electrons. The Bertz CT molecular complexity index is 842. The van der Waals surface area contributed by atoms with Crippen LogP contribution in [0.2, 0.25) is 0 Å². The number of carbonyl (C=O) groups is 1. The van der Waals surface area contributed by atoms with Crippen LogP contribution in [-0.2, 0) is 27.5 Å². The van der Waals surface area contributed by atoms with E-state index in [2.05, 4.69) is 5.32 Å². The molecule has 0 unspecified atom stereocenters. The lowest BCUT2D eigenvalue weighted by atomic mass is 10.1. The molecule has 0 aromatic heterocycles. The minimum Gasteiger partial charge on any atom is -0.460 e. The average molecular weight is 482 g/mol. The Morgan fingerprint density at radius 3 is 2.32 bits per heavy atom. The number of halogens is 5. The third-order valence-electron chi connectivity index (χ3n) is 5.71. The van der Waals surface area contributed by atoms with Gasteiger partial charge in [-0.3, -0.25) is 4.79 Å². The molecule has 31 heavy (non-hydrogen) atoms. The van der Waals surface area contributed by atoms with Crippen molar-refractivity contribution in [3.8, 4) is 0 Å². The number of unbranched alkanes of at least 4 members (excludes halogenated alkanes) is 2. The molecule has 2 atom stereocenters. The Morgan fingerprint density at radius 1 is 1.10 bits per heavy atom. The molecule has 1 aromatic carbocycles. The zero-order valence-electron chi connectivity index (χ0n) is 18.1. The molecule has 0 radical (unpaired) electrons. The number of carbonyl (C=O) groups excluding carboxylic acids is 1. The van der Waals surface area contributed by atoms with E-state index in [1.807, 2.05) is 20.8 Å². The van der Waals surface area contributed by atoms with Gasteiger partial charge in [0.1, 0.15) is 11.1 Å². The van der Waals surface area contributed by atoms with Crippen molar-refractivity contribution in [1.82, 2.24) is 0 Å². The van der Waals surface area contributed by atoms with Crippen molar-refractivity contribution in [2.24, 2.45) is 17.3 Å². The Kier molecular flexibility index (Phi) is 9.10. The number of methoxy groups -OCH3 is 1. The predicted molar refractivity (Wildman–Crippen MR) is 115 cm³/mol. The summed E-state index contributed by atoms with van der Waals surface area (Å²) >= 11 is 11.4. The topological polar surface area (TPSA) is 47.6 Å². The fraction of sp³-hybridized carbons (Fsp3) is 0.591. The molecule has 1 saturated carbocycles. The first-order valence-electron chi connectivity index (χ1n) is 10.2. The first kappa shape index (κ1) is 25.8. The Morgan fingerprint density at radius 2 is 1.74 bits per heavy atom. The van der Waals surface area contributed by atoms with Crippen LogP contribution in [0, 0.1) is 34.7 Å². The second-order valence-electron chi connectivity index (χ2n) is 8.23. The van der Waals surface area contributed by atoms with Crippen molar-refractivity contribution >= 4 is 34.9 Å². The maximum Gasteiger partial charge on any atom is 0.310 e. The zero-order chi connectivity index (χ0) is 23.3. The van der Waals surface area contributed by atoms with E-state index in [-0.39, 0.29) is 21.7 Å². The van der Waals surface area contributed by atoms with Crippen molar-refractivity contribution in [2.75, 3.05) is 19.0 Å². The molecule has 0 heterocycles. The highest BCUT2D eigenvalue weighted by Gasteiger charge is 2.61. The number of anilines is 1. The molecule has 2 rings (SSSR count). The van der Waals surface area contributed by atoms with Gasteiger partial charge in [-0.1, -0.05) is 56.8 Å². The van der Waals surface area contributed by atoms with Crippen molar-refractivity contribution in [2.45, 2.75) is 53.2 Å². The monoisotopic (exact) mass is 481 g/mol. The van der Waals surface area contributed by atoms with Crippen molar-refractivity contribution in [3.63, 3.8) is 0 Å². The number of hydrogen-bond donors (Lipinski definition) is 1. The van der Waals surface area contributed by atoms with Gasteiger partial charge in [-0.05, 0) is 23.8 Å². The maximum atomic E-state index is 15.0. The summed E-state index contributed by atoms with van der Waals surface area (Å²) in [5.74, 6) is -4.96. The molecule has 0 aliphatic heterocycles. The smallest absolute Gasteiger partial charge is 0.310 e. The van der Waals surface area contributed by atoms with Gasteiger partial charge < -0.3 is 14.8 Å². The summed E-state index contributed by atoms with van der Waals surface area (Å²) < 4.78 is 54.3. The van der Waals surface area contributed by atoms with Gasteiger partial charge in [0.2, 0.25) is 0 Å². The van der Waals surface area contributed by atoms with Crippen LogP contribution in [-0.4, -0.2) is 19.6 Å². The summed E-state index contributed by atoms with van der Waals surface area (Å²) in [4.78, 5) is 12.6. The van der Waals surface area contributed by atoms with Gasteiger partial charge in [-0.2, -0.15) is 0 Å². The molecule has 1 N–H and O–H groups in total. The quantitative estimate of drug-likeness (QED) is 0.223. The summed E-state index contributed by atoms with van der Waals surface area (Å²) in [6.45, 7) is 5.02. The predicted octanol–water partition coefficient (Wildman–Crippen LogP) is 6.49. The highest BCUT2D eigenvalue weighted by molar-refractivity contribution is 6.55. The third kappa shape index (κ3) is 5.88. The van der Waals surface area contributed by atoms with E-state index in [0.29, 0.717) is 6.54 Å². The lowest BCUT2D eigenvalue weighted by Crippen LogP contribution is -2.17. The Hall–Kier alpha value is -1.44. The number of allylic oxidation sites excluding steroid dienone is 1. The number of rotatable bonds is 11. The lowest BCUT2D eigenvalue weighted by molar-refractivity contribution is -0.147. The largest absolute Gasteiger partial charge is 0.460 e. The van der Waals surface area contributed by atoms with Gasteiger partial charge in [-0.15, -0.1) is 0 Å². The molecule has 4 nitrogen and oxygen atoms in total. The second kappa shape index (κ2) is 10.9. The zero-order valence-corrected chi connectivity index (χ0v) is 19.6. The normalized spacial score (nSPS) is 19.1. The third-order valence-corrected chi connectivity index (χ3v) is 5.96. The van der Waals surface area contributed by atoms with Gasteiger partial charge in [0.15, 0.2) is 17.5 Å². The summed E-state index contributed by atoms with van der Waals surface area (Å²) in [5.41, 5.74) is -1.55. The van der Waals surface area contributed by atoms with Crippen molar-refractivity contribution in [3.05, 3.63) is 39.1 Å². The van der Waals surface area contributed by atoms with Gasteiger partial charge >= 0.3 is 5.97 Å². The van der Waals surface area contributed by atoms with E-state index in [9.17, 15) is 18.0 Å². The maximum absolute atomic E-state index is 15.0. The minimum atomic E-state index is -1.36. The molecule has 1 aliphatic rings. The summed E-state index contributed by atoms with van der Waals surface area (Å²) in [6, 6.07) is 0. The van der Waals surface area contributed by atoms with Crippen LogP contribution in [0.4, 0.5) is 18.9 Å². The van der Waals surface area contributed by atoms with Crippen LogP contribution in [0.3, 0.4) is 0 Å². The van der Waals surface area contributed by atoms with E-state index in [1.165, 1.54) is 7.11 Å². The molecule has 0 saturated heterocycles. The molecule has 0 amide bonds. The van der Waals surface area contributed by atoms with E-state index in [4.69, 9.17) is 32.7 Å². The van der Waals surface area contributed by atoms with E-state index in [1.54, 1.807) is 6.08 Å². The van der Waals surface area contributed by atoms with E-state index < -0.39 is 53.5 Å². The van der Waals surface area contributed by atoms with Crippen LogP contribution in [0.15, 0.2) is 10.6 Å². The molecule has 0 spiro atoms. The van der Waals surface area contributed by atoms with Gasteiger partial charge in [0, 0.05) is 13.7 Å². The SMILES string of the molecule is CCCCCNc1c(F)c(COC)c(F)c(F)c1COC(=O)[C@H]1[C@H](C=C(Cl)Cl)C1(C)C. The number of esters is 1. The highest BCUT2D eigenvalue weighted by Crippen LogP contribution is 2.60. The summed E-state index contributed by atoms with van der Waals surface area (Å²) in [7, 11) is 1.26. The summed E-state index contributed by atoms with van der Waals surface area (Å²) in [5, 5.41) is 2.83. The molecule has 1 aliphatic carbocycles. The Balaban J connectivity index is 2.26. The first-order chi connectivity index (χ1) is 14.6. The Labute approximate surface area is 191 Å². The fourth-order valence-corrected chi connectivity index (χ4v) is 4.01. The fourth-order valence-electron chi connectivity index (χ4n) is 3.74. The number of ether oxygens (including phenoxy) is 2. The number of benzene rings is 1. The first-order valence-corrected chi connectivity index (χ1v) is 10.9. The average Bonchev–Trinajstić information content (AvgIpc) is 3.24. The van der Waals surface area contributed by atoms with Crippen LogP contribution >= 0.6 is 23.2 Å². The van der Waals surface area contributed by atoms with Crippen molar-refractivity contribution in [1.29, 1.82) is 0 Å². The van der Waals surface area contributed by atoms with E-state index in [0.717, 1.165) is 19.3 Å². The second-order valence-corrected chi connectivity index (χ2v) is 9.24. The van der Waals surface area contributed by atoms with Crippen LogP contribution in [0.5, 0.6) is 0 Å². The van der Waals surface area contributed by atoms with Gasteiger partial charge in [0.05, 0.1) is 29.3 Å². The van der Waals surface area contributed by atoms with Crippen LogP contribution in [0.25, 0.3) is 0 Å². The van der Waals surface area contributed by atoms with Crippen LogP contribution in [0.1, 0.15) is 51.2 Å². The molecular formula is C22H28Cl2F3NO3. The standard InChI is InChI=1S/C22H28Cl2F3NO3/c1-5-6-7-8-28-20-13(18(26)17(25)12(10-30-4)19(20)27)11-31-21(29)16-14(9-15(23)24)22(16,2)3/h9,14,16,28H,5-8,10-11H2,1-4H3/t14-,16+/m0/s1. The van der Waals surface area contributed by atoms with Crippen molar-refractivity contribution < 1.29 is 27.4 Å². The molecule has 1 aromatic rings. The lowest BCUT2D eigenvalue weighted by Gasteiger charge is -2.18. The summed E-state index contributed by atoms with van der Waals surface area (Å²) in [6.07, 6.45) is 4.11.